The van der Waals surface area contributed by atoms with Crippen molar-refractivity contribution >= 4 is 29.9 Å². The lowest BCUT2D eigenvalue weighted by molar-refractivity contribution is -0.139. The van der Waals surface area contributed by atoms with E-state index in [2.05, 4.69) is 6.92 Å². The molecule has 1 unspecified atom stereocenters. The monoisotopic (exact) mass is 344 g/mol. The Morgan fingerprint density at radius 3 is 2.68 bits per heavy atom. The minimum Gasteiger partial charge on any atom is -0.342 e. The summed E-state index contributed by atoms with van der Waals surface area (Å²) in [6.45, 7) is 8.38. The average Bonchev–Trinajstić information content (AvgIpc) is 2.81. The van der Waals surface area contributed by atoms with Crippen molar-refractivity contribution in [1.82, 2.24) is 4.90 Å². The Kier molecular flexibility index (Phi) is 6.31. The summed E-state index contributed by atoms with van der Waals surface area (Å²) in [5, 5.41) is 0.715. The van der Waals surface area contributed by atoms with Crippen LogP contribution in [0.3, 0.4) is 0 Å². The molecule has 2 rings (SSSR count). The molecular weight excluding hydrogens is 319 g/mol. The molecular formula is C17H26Cl2N2O. The van der Waals surface area contributed by atoms with Crippen LogP contribution in [0.2, 0.25) is 5.02 Å². The highest BCUT2D eigenvalue weighted by atomic mass is 35.5. The van der Waals surface area contributed by atoms with E-state index in [1.807, 2.05) is 43.0 Å². The first-order chi connectivity index (χ1) is 9.76. The van der Waals surface area contributed by atoms with Gasteiger partial charge >= 0.3 is 0 Å². The number of halogens is 2. The molecule has 1 aromatic carbocycles. The first-order valence-corrected chi connectivity index (χ1v) is 7.87. The highest BCUT2D eigenvalue weighted by Gasteiger charge is 2.40. The van der Waals surface area contributed by atoms with Crippen molar-refractivity contribution in [1.29, 1.82) is 0 Å². The summed E-state index contributed by atoms with van der Waals surface area (Å²) in [5.74, 6) is 0.208. The van der Waals surface area contributed by atoms with Gasteiger partial charge in [0.2, 0.25) is 5.91 Å². The summed E-state index contributed by atoms with van der Waals surface area (Å²) in [6, 6.07) is 7.74. The molecule has 1 aliphatic rings. The van der Waals surface area contributed by atoms with E-state index in [0.29, 0.717) is 18.0 Å². The van der Waals surface area contributed by atoms with E-state index in [-0.39, 0.29) is 23.7 Å². The van der Waals surface area contributed by atoms with Crippen molar-refractivity contribution in [3.05, 3.63) is 34.9 Å². The summed E-state index contributed by atoms with van der Waals surface area (Å²) in [6.07, 6.45) is 1.69. The number of amides is 1. The van der Waals surface area contributed by atoms with Gasteiger partial charge in [-0.2, -0.15) is 0 Å². The maximum absolute atomic E-state index is 12.8. The highest BCUT2D eigenvalue weighted by molar-refractivity contribution is 6.30. The molecule has 0 aromatic heterocycles. The number of nitrogens with two attached hydrogens (primary N) is 1. The molecule has 0 saturated carbocycles. The Balaban J connectivity index is 0.00000242. The number of carbonyl (C=O) groups excluding carboxylic acids is 1. The second-order valence-electron chi connectivity index (χ2n) is 7.18. The van der Waals surface area contributed by atoms with Crippen molar-refractivity contribution in [2.75, 3.05) is 19.6 Å². The second kappa shape index (κ2) is 7.20. The molecule has 1 saturated heterocycles. The Labute approximate surface area is 144 Å². The lowest BCUT2D eigenvalue weighted by Crippen LogP contribution is -2.42. The molecule has 1 aliphatic heterocycles. The van der Waals surface area contributed by atoms with Crippen LogP contribution in [0.1, 0.15) is 32.8 Å². The lowest BCUT2D eigenvalue weighted by atomic mass is 9.84. The Morgan fingerprint density at radius 2 is 2.14 bits per heavy atom. The molecule has 2 N–H and O–H groups in total. The Bertz CT molecular complexity index is 533. The number of hydrogen-bond acceptors (Lipinski definition) is 2. The van der Waals surface area contributed by atoms with Crippen LogP contribution >= 0.6 is 24.0 Å². The zero-order valence-corrected chi connectivity index (χ0v) is 15.1. The number of carbonyl (C=O) groups is 1. The normalized spacial score (nSPS) is 21.6. The minimum atomic E-state index is -0.426. The van der Waals surface area contributed by atoms with Crippen molar-refractivity contribution < 1.29 is 4.79 Å². The quantitative estimate of drug-likeness (QED) is 0.907. The largest absolute Gasteiger partial charge is 0.342 e. The van der Waals surface area contributed by atoms with E-state index < -0.39 is 5.41 Å². The van der Waals surface area contributed by atoms with Gasteiger partial charge in [0.1, 0.15) is 0 Å². The van der Waals surface area contributed by atoms with E-state index in [4.69, 9.17) is 17.3 Å². The van der Waals surface area contributed by atoms with Crippen LogP contribution in [-0.4, -0.2) is 30.4 Å². The van der Waals surface area contributed by atoms with Crippen LogP contribution < -0.4 is 5.73 Å². The topological polar surface area (TPSA) is 46.3 Å². The van der Waals surface area contributed by atoms with E-state index in [1.165, 1.54) is 0 Å². The van der Waals surface area contributed by atoms with Crippen LogP contribution in [0.15, 0.2) is 24.3 Å². The molecule has 5 heteroatoms. The van der Waals surface area contributed by atoms with Gasteiger partial charge in [-0.1, -0.05) is 44.5 Å². The smallest absolute Gasteiger partial charge is 0.228 e. The van der Waals surface area contributed by atoms with Crippen LogP contribution in [0.5, 0.6) is 0 Å². The van der Waals surface area contributed by atoms with Gasteiger partial charge < -0.3 is 10.6 Å². The van der Waals surface area contributed by atoms with Gasteiger partial charge in [0.05, 0.1) is 0 Å². The molecule has 0 aliphatic carbocycles. The molecule has 1 heterocycles. The number of benzene rings is 1. The molecule has 1 fully saturated rings. The fourth-order valence-corrected chi connectivity index (χ4v) is 3.24. The number of hydrogen-bond donors (Lipinski definition) is 1. The van der Waals surface area contributed by atoms with Gasteiger partial charge in [0.25, 0.3) is 0 Å². The average molecular weight is 345 g/mol. The van der Waals surface area contributed by atoms with Crippen molar-refractivity contribution in [2.24, 2.45) is 16.6 Å². The fraction of sp³-hybridized carbons (Fsp3) is 0.588. The van der Waals surface area contributed by atoms with Gasteiger partial charge in [-0.25, -0.2) is 0 Å². The molecule has 0 radical (unpaired) electrons. The molecule has 124 valence electrons. The molecule has 3 nitrogen and oxygen atoms in total. The molecule has 1 atom stereocenters. The summed E-state index contributed by atoms with van der Waals surface area (Å²) < 4.78 is 0. The second-order valence-corrected chi connectivity index (χ2v) is 7.62. The predicted octanol–water partition coefficient (Wildman–Crippen LogP) is 3.53. The highest BCUT2D eigenvalue weighted by Crippen LogP contribution is 2.33. The van der Waals surface area contributed by atoms with E-state index in [1.54, 1.807) is 0 Å². The van der Waals surface area contributed by atoms with Gasteiger partial charge in [-0.15, -0.1) is 12.4 Å². The first-order valence-electron chi connectivity index (χ1n) is 7.50. The third kappa shape index (κ3) is 4.37. The first kappa shape index (κ1) is 19.3. The maximum Gasteiger partial charge on any atom is 0.228 e. The SMILES string of the molecule is CC1(CN)CCN(C(=O)C(C)(C)Cc2cccc(Cl)c2)C1.Cl. The fourth-order valence-electron chi connectivity index (χ4n) is 3.02. The van der Waals surface area contributed by atoms with Crippen LogP contribution in [0, 0.1) is 10.8 Å². The van der Waals surface area contributed by atoms with Gasteiger partial charge in [-0.05, 0) is 42.5 Å². The predicted molar refractivity (Wildman–Crippen MR) is 94.5 cm³/mol. The third-order valence-electron chi connectivity index (χ3n) is 4.45. The molecule has 1 amide bonds. The molecule has 0 bridgehead atoms. The number of nitrogens with zero attached hydrogens (tertiary/aromatic N) is 1. The van der Waals surface area contributed by atoms with E-state index >= 15 is 0 Å². The molecule has 0 spiro atoms. The standard InChI is InChI=1S/C17H25ClN2O.ClH/c1-16(2,10-13-5-4-6-14(18)9-13)15(21)20-8-7-17(3,11-19)12-20;/h4-6,9H,7-8,10-12,19H2,1-3H3;1H. The third-order valence-corrected chi connectivity index (χ3v) is 4.69. The summed E-state index contributed by atoms with van der Waals surface area (Å²) in [7, 11) is 0. The molecule has 22 heavy (non-hydrogen) atoms. The number of likely N-dealkylation sites (tertiary alicyclic amines) is 1. The Morgan fingerprint density at radius 1 is 1.45 bits per heavy atom. The summed E-state index contributed by atoms with van der Waals surface area (Å²) in [5.41, 5.74) is 6.57. The van der Waals surface area contributed by atoms with Crippen molar-refractivity contribution in [3.63, 3.8) is 0 Å². The minimum absolute atomic E-state index is 0. The van der Waals surface area contributed by atoms with Gasteiger partial charge in [0, 0.05) is 23.5 Å². The van der Waals surface area contributed by atoms with Crippen molar-refractivity contribution in [2.45, 2.75) is 33.6 Å². The summed E-state index contributed by atoms with van der Waals surface area (Å²) >= 11 is 6.03. The summed E-state index contributed by atoms with van der Waals surface area (Å²) in [4.78, 5) is 14.8. The van der Waals surface area contributed by atoms with Crippen LogP contribution in [0.25, 0.3) is 0 Å². The van der Waals surface area contributed by atoms with Gasteiger partial charge in [0.15, 0.2) is 0 Å². The maximum atomic E-state index is 12.8. The zero-order chi connectivity index (χ0) is 15.7. The van der Waals surface area contributed by atoms with Crippen LogP contribution in [0.4, 0.5) is 0 Å². The zero-order valence-electron chi connectivity index (χ0n) is 13.6. The molecule has 1 aromatic rings. The lowest BCUT2D eigenvalue weighted by Gasteiger charge is -2.30. The number of rotatable bonds is 4. The van der Waals surface area contributed by atoms with Gasteiger partial charge in [-0.3, -0.25) is 4.79 Å². The Hall–Kier alpha value is -0.770. The van der Waals surface area contributed by atoms with E-state index in [0.717, 1.165) is 25.1 Å². The van der Waals surface area contributed by atoms with E-state index in [9.17, 15) is 4.79 Å². The van der Waals surface area contributed by atoms with Crippen LogP contribution in [-0.2, 0) is 11.2 Å². The van der Waals surface area contributed by atoms with Crippen molar-refractivity contribution in [3.8, 4) is 0 Å².